The first kappa shape index (κ1) is 17.4. The van der Waals surface area contributed by atoms with Gasteiger partial charge in [0.1, 0.15) is 5.82 Å². The maximum atomic E-state index is 13.8. The standard InChI is InChI=1S/C19H26FNO3/c1-2-23-14-19-9-5-11-24-17(19)8-10-21(13-19)18(22)12-15-6-3-4-7-16(15)20/h3-4,6-7,17H,2,5,8-14H2,1H3/t17-,19+/m0/s1. The van der Waals surface area contributed by atoms with Crippen LogP contribution in [0.25, 0.3) is 0 Å². The van der Waals surface area contributed by atoms with E-state index < -0.39 is 0 Å². The summed E-state index contributed by atoms with van der Waals surface area (Å²) in [6.45, 7) is 5.38. The van der Waals surface area contributed by atoms with E-state index in [1.165, 1.54) is 6.07 Å². The highest BCUT2D eigenvalue weighted by atomic mass is 19.1. The molecule has 0 bridgehead atoms. The molecule has 2 saturated heterocycles. The molecule has 1 aromatic carbocycles. The number of carbonyl (C=O) groups is 1. The first-order valence-corrected chi connectivity index (χ1v) is 8.85. The van der Waals surface area contributed by atoms with Crippen LogP contribution in [0.5, 0.6) is 0 Å². The lowest BCUT2D eigenvalue weighted by atomic mass is 9.73. The molecule has 0 aliphatic carbocycles. The predicted molar refractivity (Wildman–Crippen MR) is 89.2 cm³/mol. The molecule has 2 heterocycles. The van der Waals surface area contributed by atoms with E-state index >= 15 is 0 Å². The number of nitrogens with zero attached hydrogens (tertiary/aromatic N) is 1. The molecule has 0 unspecified atom stereocenters. The SMILES string of the molecule is CCOC[C@]12CCCO[C@H]1CCN(C(=O)Cc1ccccc1F)C2. The van der Waals surface area contributed by atoms with Gasteiger partial charge in [-0.25, -0.2) is 4.39 Å². The van der Waals surface area contributed by atoms with Crippen molar-refractivity contribution in [1.82, 2.24) is 4.90 Å². The van der Waals surface area contributed by atoms with Gasteiger partial charge < -0.3 is 14.4 Å². The number of rotatable bonds is 5. The van der Waals surface area contributed by atoms with E-state index in [0.29, 0.717) is 31.9 Å². The van der Waals surface area contributed by atoms with Crippen LogP contribution in [0.3, 0.4) is 0 Å². The Kier molecular flexibility index (Phi) is 5.51. The number of fused-ring (bicyclic) bond motifs is 1. The number of ether oxygens (including phenoxy) is 2. The van der Waals surface area contributed by atoms with Gasteiger partial charge in [-0.2, -0.15) is 0 Å². The minimum atomic E-state index is -0.314. The Hall–Kier alpha value is -1.46. The minimum absolute atomic E-state index is 0.0139. The van der Waals surface area contributed by atoms with E-state index in [-0.39, 0.29) is 29.7 Å². The van der Waals surface area contributed by atoms with Crippen LogP contribution in [0.15, 0.2) is 24.3 Å². The van der Waals surface area contributed by atoms with Gasteiger partial charge >= 0.3 is 0 Å². The highest BCUT2D eigenvalue weighted by molar-refractivity contribution is 5.79. The van der Waals surface area contributed by atoms with Crippen LogP contribution in [-0.4, -0.2) is 49.8 Å². The zero-order valence-corrected chi connectivity index (χ0v) is 14.3. The van der Waals surface area contributed by atoms with Gasteiger partial charge in [-0.3, -0.25) is 4.79 Å². The molecule has 0 aromatic heterocycles. The van der Waals surface area contributed by atoms with Gasteiger partial charge in [0.25, 0.3) is 0 Å². The van der Waals surface area contributed by atoms with E-state index in [0.717, 1.165) is 25.9 Å². The number of benzene rings is 1. The number of likely N-dealkylation sites (tertiary alicyclic amines) is 1. The summed E-state index contributed by atoms with van der Waals surface area (Å²) < 4.78 is 25.5. The topological polar surface area (TPSA) is 38.8 Å². The van der Waals surface area contributed by atoms with Crippen molar-refractivity contribution >= 4 is 5.91 Å². The maximum Gasteiger partial charge on any atom is 0.227 e. The summed E-state index contributed by atoms with van der Waals surface area (Å²) in [7, 11) is 0. The molecule has 1 aromatic rings. The third-order valence-electron chi connectivity index (χ3n) is 5.23. The van der Waals surface area contributed by atoms with Crippen LogP contribution in [0, 0.1) is 11.2 Å². The van der Waals surface area contributed by atoms with Crippen molar-refractivity contribution in [1.29, 1.82) is 0 Å². The highest BCUT2D eigenvalue weighted by Crippen LogP contribution is 2.40. The Morgan fingerprint density at radius 2 is 2.29 bits per heavy atom. The second kappa shape index (κ2) is 7.62. The number of carbonyl (C=O) groups excluding carboxylic acids is 1. The number of hydrogen-bond donors (Lipinski definition) is 0. The molecule has 0 saturated carbocycles. The monoisotopic (exact) mass is 335 g/mol. The molecule has 5 heteroatoms. The van der Waals surface area contributed by atoms with Crippen molar-refractivity contribution in [3.63, 3.8) is 0 Å². The van der Waals surface area contributed by atoms with Crippen molar-refractivity contribution in [2.24, 2.45) is 5.41 Å². The molecule has 0 spiro atoms. The molecule has 2 aliphatic rings. The zero-order valence-electron chi connectivity index (χ0n) is 14.3. The quantitative estimate of drug-likeness (QED) is 0.830. The van der Waals surface area contributed by atoms with Crippen molar-refractivity contribution in [2.75, 3.05) is 32.9 Å². The van der Waals surface area contributed by atoms with Crippen molar-refractivity contribution in [3.05, 3.63) is 35.6 Å². The Balaban J connectivity index is 1.70. The normalized spacial score (nSPS) is 26.9. The second-order valence-corrected chi connectivity index (χ2v) is 6.83. The van der Waals surface area contributed by atoms with Crippen LogP contribution >= 0.6 is 0 Å². The zero-order chi connectivity index (χ0) is 17.0. The van der Waals surface area contributed by atoms with E-state index in [2.05, 4.69) is 0 Å². The number of halogens is 1. The van der Waals surface area contributed by atoms with E-state index in [1.54, 1.807) is 18.2 Å². The van der Waals surface area contributed by atoms with E-state index in [4.69, 9.17) is 9.47 Å². The Morgan fingerprint density at radius 1 is 1.46 bits per heavy atom. The second-order valence-electron chi connectivity index (χ2n) is 6.83. The van der Waals surface area contributed by atoms with Crippen molar-refractivity contribution in [2.45, 2.75) is 38.7 Å². The van der Waals surface area contributed by atoms with Gasteiger partial charge in [-0.15, -0.1) is 0 Å². The smallest absolute Gasteiger partial charge is 0.227 e. The summed E-state index contributed by atoms with van der Waals surface area (Å²) in [6, 6.07) is 6.49. The lowest BCUT2D eigenvalue weighted by Gasteiger charge is -2.50. The highest BCUT2D eigenvalue weighted by Gasteiger charge is 2.47. The number of piperidine rings is 1. The van der Waals surface area contributed by atoms with Crippen LogP contribution in [0.1, 0.15) is 31.7 Å². The predicted octanol–water partition coefficient (Wildman–Crippen LogP) is 2.80. The average molecular weight is 335 g/mol. The van der Waals surface area contributed by atoms with Crippen LogP contribution in [0.4, 0.5) is 4.39 Å². The largest absolute Gasteiger partial charge is 0.381 e. The van der Waals surface area contributed by atoms with Gasteiger partial charge in [0, 0.05) is 31.7 Å². The fourth-order valence-corrected chi connectivity index (χ4v) is 3.94. The summed E-state index contributed by atoms with van der Waals surface area (Å²) >= 11 is 0. The van der Waals surface area contributed by atoms with E-state index in [1.807, 2.05) is 11.8 Å². The first-order valence-electron chi connectivity index (χ1n) is 8.85. The average Bonchev–Trinajstić information content (AvgIpc) is 2.61. The minimum Gasteiger partial charge on any atom is -0.381 e. The van der Waals surface area contributed by atoms with Gasteiger partial charge in [0.15, 0.2) is 0 Å². The molecule has 24 heavy (non-hydrogen) atoms. The van der Waals surface area contributed by atoms with Crippen LogP contribution in [-0.2, 0) is 20.7 Å². The molecule has 132 valence electrons. The van der Waals surface area contributed by atoms with E-state index in [9.17, 15) is 9.18 Å². The molecule has 2 fully saturated rings. The molecule has 2 atom stereocenters. The first-order chi connectivity index (χ1) is 11.6. The third-order valence-corrected chi connectivity index (χ3v) is 5.23. The van der Waals surface area contributed by atoms with Crippen LogP contribution in [0.2, 0.25) is 0 Å². The van der Waals surface area contributed by atoms with Gasteiger partial charge in [-0.1, -0.05) is 18.2 Å². The summed E-state index contributed by atoms with van der Waals surface area (Å²) in [5, 5.41) is 0. The van der Waals surface area contributed by atoms with Crippen molar-refractivity contribution in [3.8, 4) is 0 Å². The molecular weight excluding hydrogens is 309 g/mol. The Bertz CT molecular complexity index is 579. The Labute approximate surface area is 142 Å². The molecule has 2 aliphatic heterocycles. The molecule has 3 rings (SSSR count). The fourth-order valence-electron chi connectivity index (χ4n) is 3.94. The van der Waals surface area contributed by atoms with Gasteiger partial charge in [0.2, 0.25) is 5.91 Å². The van der Waals surface area contributed by atoms with Crippen LogP contribution < -0.4 is 0 Å². The lowest BCUT2D eigenvalue weighted by Crippen LogP contribution is -2.58. The Morgan fingerprint density at radius 3 is 3.08 bits per heavy atom. The number of hydrogen-bond acceptors (Lipinski definition) is 3. The van der Waals surface area contributed by atoms with Gasteiger partial charge in [0.05, 0.1) is 19.1 Å². The summed E-state index contributed by atoms with van der Waals surface area (Å²) in [4.78, 5) is 14.6. The number of amides is 1. The summed E-state index contributed by atoms with van der Waals surface area (Å²) in [6.07, 6.45) is 3.12. The maximum absolute atomic E-state index is 13.8. The molecular formula is C19H26FNO3. The third kappa shape index (κ3) is 3.62. The summed E-state index contributed by atoms with van der Waals surface area (Å²) in [5.74, 6) is -0.328. The van der Waals surface area contributed by atoms with Gasteiger partial charge in [-0.05, 0) is 37.8 Å². The lowest BCUT2D eigenvalue weighted by molar-refractivity contribution is -0.163. The summed E-state index contributed by atoms with van der Waals surface area (Å²) in [5.41, 5.74) is 0.348. The molecule has 4 nitrogen and oxygen atoms in total. The molecule has 0 radical (unpaired) electrons. The van der Waals surface area contributed by atoms with Crippen molar-refractivity contribution < 1.29 is 18.7 Å². The molecule has 0 N–H and O–H groups in total. The fraction of sp³-hybridized carbons (Fsp3) is 0.632. The molecule has 1 amide bonds.